The first-order valence-electron chi connectivity index (χ1n) is 8.05. The molecule has 0 fully saturated rings. The van der Waals surface area contributed by atoms with Crippen molar-refractivity contribution in [3.05, 3.63) is 59.7 Å². The Morgan fingerprint density at radius 2 is 1.58 bits per heavy atom. The SMILES string of the molecule is Cc1ccc(S(=O)(=O)N/N=C/c2ccc(N(CCCl)CCCl)cc2)cc1. The van der Waals surface area contributed by atoms with Crippen LogP contribution in [0.4, 0.5) is 5.69 Å². The Kier molecular flexibility index (Phi) is 7.75. The summed E-state index contributed by atoms with van der Waals surface area (Å²) in [5.41, 5.74) is 2.77. The topological polar surface area (TPSA) is 61.8 Å². The van der Waals surface area contributed by atoms with Gasteiger partial charge in [0.15, 0.2) is 0 Å². The van der Waals surface area contributed by atoms with Gasteiger partial charge in [-0.25, -0.2) is 4.83 Å². The minimum Gasteiger partial charge on any atom is -0.369 e. The molecule has 0 bridgehead atoms. The maximum absolute atomic E-state index is 12.2. The van der Waals surface area contributed by atoms with Gasteiger partial charge in [-0.2, -0.15) is 13.5 Å². The van der Waals surface area contributed by atoms with E-state index in [-0.39, 0.29) is 4.90 Å². The molecule has 0 spiro atoms. The summed E-state index contributed by atoms with van der Waals surface area (Å²) >= 11 is 11.6. The van der Waals surface area contributed by atoms with Gasteiger partial charge in [0.2, 0.25) is 0 Å². The van der Waals surface area contributed by atoms with Crippen LogP contribution in [0.15, 0.2) is 58.5 Å². The van der Waals surface area contributed by atoms with Gasteiger partial charge in [0.05, 0.1) is 11.1 Å². The molecule has 26 heavy (non-hydrogen) atoms. The normalized spacial score (nSPS) is 11.7. The zero-order chi connectivity index (χ0) is 19.0. The van der Waals surface area contributed by atoms with Crippen LogP contribution >= 0.6 is 23.2 Å². The number of hydrogen-bond acceptors (Lipinski definition) is 4. The van der Waals surface area contributed by atoms with Crippen LogP contribution in [0.1, 0.15) is 11.1 Å². The maximum Gasteiger partial charge on any atom is 0.276 e. The van der Waals surface area contributed by atoms with Gasteiger partial charge in [0.1, 0.15) is 0 Å². The summed E-state index contributed by atoms with van der Waals surface area (Å²) < 4.78 is 24.3. The van der Waals surface area contributed by atoms with E-state index in [0.717, 1.165) is 16.8 Å². The number of nitrogens with zero attached hydrogens (tertiary/aromatic N) is 2. The lowest BCUT2D eigenvalue weighted by molar-refractivity contribution is 0.584. The molecule has 2 aromatic carbocycles. The molecule has 0 aliphatic rings. The summed E-state index contributed by atoms with van der Waals surface area (Å²) in [6, 6.07) is 14.1. The number of hydrogen-bond donors (Lipinski definition) is 1. The number of halogens is 2. The fourth-order valence-electron chi connectivity index (χ4n) is 2.29. The fraction of sp³-hybridized carbons (Fsp3) is 0.278. The Hall–Kier alpha value is -1.76. The smallest absolute Gasteiger partial charge is 0.276 e. The third-order valence-corrected chi connectivity index (χ3v) is 5.26. The zero-order valence-corrected chi connectivity index (χ0v) is 16.7. The minimum atomic E-state index is -3.67. The molecule has 1 N–H and O–H groups in total. The van der Waals surface area contributed by atoms with E-state index in [0.29, 0.717) is 24.8 Å². The van der Waals surface area contributed by atoms with E-state index in [1.54, 1.807) is 24.3 Å². The number of hydrazone groups is 1. The molecule has 8 heteroatoms. The first-order valence-corrected chi connectivity index (χ1v) is 10.6. The second kappa shape index (κ2) is 9.80. The molecule has 0 radical (unpaired) electrons. The van der Waals surface area contributed by atoms with Crippen LogP contribution in [0.25, 0.3) is 0 Å². The molecule has 0 saturated heterocycles. The van der Waals surface area contributed by atoms with Crippen molar-refractivity contribution < 1.29 is 8.42 Å². The van der Waals surface area contributed by atoms with Crippen LogP contribution in [0.5, 0.6) is 0 Å². The molecule has 0 aliphatic heterocycles. The Bertz CT molecular complexity index is 817. The first kappa shape index (κ1) is 20.6. The quantitative estimate of drug-likeness (QED) is 0.388. The number of sulfonamides is 1. The highest BCUT2D eigenvalue weighted by molar-refractivity contribution is 7.89. The molecule has 5 nitrogen and oxygen atoms in total. The van der Waals surface area contributed by atoms with E-state index in [9.17, 15) is 8.42 Å². The summed E-state index contributed by atoms with van der Waals surface area (Å²) in [6.45, 7) is 3.31. The van der Waals surface area contributed by atoms with E-state index in [1.165, 1.54) is 6.21 Å². The Balaban J connectivity index is 2.03. The minimum absolute atomic E-state index is 0.174. The average molecular weight is 414 g/mol. The van der Waals surface area contributed by atoms with Crippen molar-refractivity contribution in [3.8, 4) is 0 Å². The van der Waals surface area contributed by atoms with Crippen molar-refractivity contribution in [2.24, 2.45) is 5.10 Å². The molecular formula is C18H21Cl2N3O2S. The third kappa shape index (κ3) is 5.90. The van der Waals surface area contributed by atoms with Crippen molar-refractivity contribution in [1.29, 1.82) is 0 Å². The molecule has 0 amide bonds. The summed E-state index contributed by atoms with van der Waals surface area (Å²) in [4.78, 5) is 4.48. The van der Waals surface area contributed by atoms with Crippen LogP contribution in [-0.4, -0.2) is 39.5 Å². The van der Waals surface area contributed by atoms with E-state index < -0.39 is 10.0 Å². The van der Waals surface area contributed by atoms with Crippen LogP contribution in [0, 0.1) is 6.92 Å². The van der Waals surface area contributed by atoms with Gasteiger partial charge in [-0.15, -0.1) is 23.2 Å². The lowest BCUT2D eigenvalue weighted by atomic mass is 10.2. The van der Waals surface area contributed by atoms with Gasteiger partial charge in [-0.05, 0) is 36.8 Å². The first-order chi connectivity index (χ1) is 12.5. The van der Waals surface area contributed by atoms with Crippen molar-refractivity contribution in [3.63, 3.8) is 0 Å². The lowest BCUT2D eigenvalue weighted by Gasteiger charge is -2.22. The lowest BCUT2D eigenvalue weighted by Crippen LogP contribution is -2.27. The predicted molar refractivity (Wildman–Crippen MR) is 109 cm³/mol. The van der Waals surface area contributed by atoms with Crippen LogP contribution in [0.2, 0.25) is 0 Å². The van der Waals surface area contributed by atoms with Crippen LogP contribution in [-0.2, 0) is 10.0 Å². The van der Waals surface area contributed by atoms with Crippen molar-refractivity contribution in [2.75, 3.05) is 29.7 Å². The highest BCUT2D eigenvalue weighted by Crippen LogP contribution is 2.15. The summed E-state index contributed by atoms with van der Waals surface area (Å²) in [7, 11) is -3.67. The molecule has 140 valence electrons. The van der Waals surface area contributed by atoms with E-state index in [2.05, 4.69) is 14.8 Å². The third-order valence-electron chi connectivity index (χ3n) is 3.68. The van der Waals surface area contributed by atoms with Gasteiger partial charge < -0.3 is 4.90 Å². The van der Waals surface area contributed by atoms with Crippen molar-refractivity contribution in [1.82, 2.24) is 4.83 Å². The van der Waals surface area contributed by atoms with E-state index in [1.807, 2.05) is 31.2 Å². The highest BCUT2D eigenvalue weighted by Gasteiger charge is 2.11. The van der Waals surface area contributed by atoms with Crippen molar-refractivity contribution >= 4 is 45.1 Å². The average Bonchev–Trinajstić information content (AvgIpc) is 2.62. The second-order valence-corrected chi connectivity index (χ2v) is 8.04. The molecular weight excluding hydrogens is 393 g/mol. The molecule has 0 aliphatic carbocycles. The summed E-state index contributed by atoms with van der Waals surface area (Å²) in [5.74, 6) is 1.03. The number of anilines is 1. The zero-order valence-electron chi connectivity index (χ0n) is 14.4. The summed E-state index contributed by atoms with van der Waals surface area (Å²) in [6.07, 6.45) is 1.46. The number of aryl methyl sites for hydroxylation is 1. The van der Waals surface area contributed by atoms with E-state index >= 15 is 0 Å². The van der Waals surface area contributed by atoms with Gasteiger partial charge in [0.25, 0.3) is 10.0 Å². The second-order valence-electron chi connectivity index (χ2n) is 5.62. The van der Waals surface area contributed by atoms with Gasteiger partial charge in [0, 0.05) is 30.5 Å². The molecule has 2 aromatic rings. The van der Waals surface area contributed by atoms with Gasteiger partial charge >= 0.3 is 0 Å². The fourth-order valence-corrected chi connectivity index (χ4v) is 3.48. The summed E-state index contributed by atoms with van der Waals surface area (Å²) in [5, 5.41) is 3.84. The highest BCUT2D eigenvalue weighted by atomic mass is 35.5. The molecule has 0 aromatic heterocycles. The number of rotatable bonds is 9. The molecule has 2 rings (SSSR count). The monoisotopic (exact) mass is 413 g/mol. The molecule has 0 saturated carbocycles. The Morgan fingerprint density at radius 1 is 1.00 bits per heavy atom. The standard InChI is InChI=1S/C18H21Cl2N3O2S/c1-15-2-8-18(9-3-15)26(24,25)22-21-14-16-4-6-17(7-5-16)23(12-10-19)13-11-20/h2-9,14,22H,10-13H2,1H3/b21-14+. The largest absolute Gasteiger partial charge is 0.369 e. The van der Waals surface area contributed by atoms with Crippen LogP contribution in [0.3, 0.4) is 0 Å². The number of benzene rings is 2. The van der Waals surface area contributed by atoms with Crippen molar-refractivity contribution in [2.45, 2.75) is 11.8 Å². The van der Waals surface area contributed by atoms with Gasteiger partial charge in [-0.1, -0.05) is 29.8 Å². The number of alkyl halides is 2. The molecule has 0 heterocycles. The maximum atomic E-state index is 12.2. The molecule has 0 unspecified atom stereocenters. The Morgan fingerprint density at radius 3 is 2.12 bits per heavy atom. The predicted octanol–water partition coefficient (Wildman–Crippen LogP) is 3.59. The van der Waals surface area contributed by atoms with E-state index in [4.69, 9.17) is 23.2 Å². The number of nitrogens with one attached hydrogen (secondary N) is 1. The molecule has 0 atom stereocenters. The Labute approximate surface area is 164 Å². The van der Waals surface area contributed by atoms with Gasteiger partial charge in [-0.3, -0.25) is 0 Å². The van der Waals surface area contributed by atoms with Crippen LogP contribution < -0.4 is 9.73 Å².